The number of allylic oxidation sites excluding steroid dienone is 1. The van der Waals surface area contributed by atoms with E-state index in [1.54, 1.807) is 0 Å². The van der Waals surface area contributed by atoms with Crippen LogP contribution in [0, 0.1) is 0 Å². The molecule has 0 saturated heterocycles. The molecule has 0 aliphatic rings. The van der Waals surface area contributed by atoms with Gasteiger partial charge in [-0.1, -0.05) is 24.3 Å². The Hall–Kier alpha value is -1.28. The molecule has 0 aliphatic carbocycles. The van der Waals surface area contributed by atoms with Gasteiger partial charge in [-0.3, -0.25) is 0 Å². The number of hydrogen-bond acceptors (Lipinski definition) is 2. The zero-order valence-corrected chi connectivity index (χ0v) is 9.28. The molecule has 0 radical (unpaired) electrons. The molecule has 2 heteroatoms. The summed E-state index contributed by atoms with van der Waals surface area (Å²) in [5.74, 6) is 0.900. The minimum Gasteiger partial charge on any atom is -0.494 e. The van der Waals surface area contributed by atoms with Crippen LogP contribution in [0.4, 0.5) is 0 Å². The average molecular weight is 205 g/mol. The van der Waals surface area contributed by atoms with Crippen molar-refractivity contribution in [1.29, 1.82) is 0 Å². The second-order valence-electron chi connectivity index (χ2n) is 3.44. The Morgan fingerprint density at radius 1 is 1.47 bits per heavy atom. The van der Waals surface area contributed by atoms with Gasteiger partial charge >= 0.3 is 0 Å². The van der Waals surface area contributed by atoms with Gasteiger partial charge in [-0.15, -0.1) is 6.58 Å². The molecule has 1 atom stereocenters. The second kappa shape index (κ2) is 6.25. The molecule has 82 valence electrons. The minimum absolute atomic E-state index is 0.0331. The van der Waals surface area contributed by atoms with Crippen molar-refractivity contribution in [2.24, 2.45) is 5.73 Å². The Bertz CT molecular complexity index is 309. The Morgan fingerprint density at radius 2 is 2.20 bits per heavy atom. The Labute approximate surface area is 91.7 Å². The van der Waals surface area contributed by atoms with Gasteiger partial charge in [-0.2, -0.15) is 0 Å². The van der Waals surface area contributed by atoms with Gasteiger partial charge in [0.1, 0.15) is 5.75 Å². The van der Waals surface area contributed by atoms with Crippen LogP contribution in [-0.2, 0) is 0 Å². The molecule has 0 heterocycles. The lowest BCUT2D eigenvalue weighted by molar-refractivity contribution is 0.333. The Morgan fingerprint density at radius 3 is 2.87 bits per heavy atom. The molecule has 0 amide bonds. The molecule has 1 rings (SSSR count). The van der Waals surface area contributed by atoms with Crippen molar-refractivity contribution in [2.75, 3.05) is 6.61 Å². The molecule has 15 heavy (non-hydrogen) atoms. The van der Waals surface area contributed by atoms with Gasteiger partial charge in [-0.05, 0) is 25.8 Å². The molecule has 1 aromatic carbocycles. The maximum Gasteiger partial charge on any atom is 0.124 e. The van der Waals surface area contributed by atoms with Gasteiger partial charge < -0.3 is 10.5 Å². The molecule has 0 aliphatic heterocycles. The van der Waals surface area contributed by atoms with E-state index in [1.807, 2.05) is 37.3 Å². The zero-order chi connectivity index (χ0) is 11.1. The first-order valence-corrected chi connectivity index (χ1v) is 5.37. The average Bonchev–Trinajstić information content (AvgIpc) is 2.27. The fraction of sp³-hybridized carbons (Fsp3) is 0.385. The predicted molar refractivity (Wildman–Crippen MR) is 64.0 cm³/mol. The van der Waals surface area contributed by atoms with Crippen LogP contribution in [0.15, 0.2) is 36.9 Å². The predicted octanol–water partition coefficient (Wildman–Crippen LogP) is 3.05. The van der Waals surface area contributed by atoms with Gasteiger partial charge in [0.15, 0.2) is 0 Å². The zero-order valence-electron chi connectivity index (χ0n) is 9.28. The highest BCUT2D eigenvalue weighted by Crippen LogP contribution is 2.26. The highest BCUT2D eigenvalue weighted by Gasteiger charge is 2.10. The highest BCUT2D eigenvalue weighted by atomic mass is 16.5. The van der Waals surface area contributed by atoms with Crippen LogP contribution < -0.4 is 10.5 Å². The summed E-state index contributed by atoms with van der Waals surface area (Å²) in [6.07, 6.45) is 3.73. The summed E-state index contributed by atoms with van der Waals surface area (Å²) in [5, 5.41) is 0. The first kappa shape index (κ1) is 11.8. The van der Waals surface area contributed by atoms with Crippen molar-refractivity contribution in [3.63, 3.8) is 0 Å². The maximum atomic E-state index is 6.08. The van der Waals surface area contributed by atoms with E-state index in [4.69, 9.17) is 10.5 Å². The largest absolute Gasteiger partial charge is 0.494 e. The molecule has 0 spiro atoms. The summed E-state index contributed by atoms with van der Waals surface area (Å²) in [4.78, 5) is 0. The first-order valence-electron chi connectivity index (χ1n) is 5.37. The molecule has 0 unspecified atom stereocenters. The summed E-state index contributed by atoms with van der Waals surface area (Å²) in [5.41, 5.74) is 7.17. The van der Waals surface area contributed by atoms with Crippen molar-refractivity contribution < 1.29 is 4.74 Å². The van der Waals surface area contributed by atoms with Crippen LogP contribution in [0.25, 0.3) is 0 Å². The number of hydrogen-bond donors (Lipinski definition) is 1. The molecule has 0 saturated carbocycles. The molecule has 2 nitrogen and oxygen atoms in total. The monoisotopic (exact) mass is 205 g/mol. The normalized spacial score (nSPS) is 12.1. The number of ether oxygens (including phenoxy) is 1. The lowest BCUT2D eigenvalue weighted by atomic mass is 10.0. The molecule has 0 aromatic heterocycles. The number of nitrogens with two attached hydrogens (primary N) is 1. The number of para-hydroxylation sites is 1. The molecular weight excluding hydrogens is 186 g/mol. The van der Waals surface area contributed by atoms with E-state index in [2.05, 4.69) is 6.58 Å². The van der Waals surface area contributed by atoms with Crippen LogP contribution in [0.1, 0.15) is 31.4 Å². The number of benzene rings is 1. The van der Waals surface area contributed by atoms with Crippen molar-refractivity contribution in [3.05, 3.63) is 42.5 Å². The smallest absolute Gasteiger partial charge is 0.124 e. The van der Waals surface area contributed by atoms with Crippen LogP contribution in [0.5, 0.6) is 5.75 Å². The van der Waals surface area contributed by atoms with Crippen LogP contribution in [0.3, 0.4) is 0 Å². The fourth-order valence-electron chi connectivity index (χ4n) is 1.53. The van der Waals surface area contributed by atoms with Gasteiger partial charge in [0, 0.05) is 11.6 Å². The lowest BCUT2D eigenvalue weighted by Crippen LogP contribution is -2.11. The third kappa shape index (κ3) is 3.40. The first-order chi connectivity index (χ1) is 7.29. The van der Waals surface area contributed by atoms with Crippen molar-refractivity contribution in [2.45, 2.75) is 25.8 Å². The summed E-state index contributed by atoms with van der Waals surface area (Å²) < 4.78 is 5.53. The highest BCUT2D eigenvalue weighted by molar-refractivity contribution is 5.35. The van der Waals surface area contributed by atoms with E-state index in [0.29, 0.717) is 6.61 Å². The molecule has 0 bridgehead atoms. The van der Waals surface area contributed by atoms with Crippen LogP contribution in [0.2, 0.25) is 0 Å². The second-order valence-corrected chi connectivity index (χ2v) is 3.44. The quantitative estimate of drug-likeness (QED) is 0.724. The Balaban J connectivity index is 2.76. The third-order valence-electron chi connectivity index (χ3n) is 2.30. The maximum absolute atomic E-state index is 6.08. The van der Waals surface area contributed by atoms with Gasteiger partial charge in [0.05, 0.1) is 6.61 Å². The molecule has 0 fully saturated rings. The molecule has 1 aromatic rings. The lowest BCUT2D eigenvalue weighted by Gasteiger charge is -2.15. The Kier molecular flexibility index (Phi) is 4.91. The van der Waals surface area contributed by atoms with E-state index < -0.39 is 0 Å². The van der Waals surface area contributed by atoms with Gasteiger partial charge in [0.2, 0.25) is 0 Å². The molecular formula is C13H19NO. The SMILES string of the molecule is C=CCC[C@H](N)c1ccccc1OCC. The molecule has 2 N–H and O–H groups in total. The van der Waals surface area contributed by atoms with Crippen molar-refractivity contribution >= 4 is 0 Å². The third-order valence-corrected chi connectivity index (χ3v) is 2.30. The van der Waals surface area contributed by atoms with E-state index in [9.17, 15) is 0 Å². The minimum atomic E-state index is 0.0331. The van der Waals surface area contributed by atoms with Crippen molar-refractivity contribution in [3.8, 4) is 5.75 Å². The number of rotatable bonds is 6. The van der Waals surface area contributed by atoms with Crippen LogP contribution >= 0.6 is 0 Å². The summed E-state index contributed by atoms with van der Waals surface area (Å²) >= 11 is 0. The standard InChI is InChI=1S/C13H19NO/c1-3-5-9-12(14)11-8-6-7-10-13(11)15-4-2/h3,6-8,10,12H,1,4-5,9,14H2,2H3/t12-/m0/s1. The van der Waals surface area contributed by atoms with Crippen LogP contribution in [-0.4, -0.2) is 6.61 Å². The van der Waals surface area contributed by atoms with E-state index in [1.165, 1.54) is 0 Å². The van der Waals surface area contributed by atoms with Gasteiger partial charge in [0.25, 0.3) is 0 Å². The summed E-state index contributed by atoms with van der Waals surface area (Å²) in [6, 6.07) is 7.98. The summed E-state index contributed by atoms with van der Waals surface area (Å²) in [6.45, 7) is 6.35. The summed E-state index contributed by atoms with van der Waals surface area (Å²) in [7, 11) is 0. The van der Waals surface area contributed by atoms with Crippen molar-refractivity contribution in [1.82, 2.24) is 0 Å². The van der Waals surface area contributed by atoms with E-state index in [0.717, 1.165) is 24.2 Å². The topological polar surface area (TPSA) is 35.2 Å². The van der Waals surface area contributed by atoms with Gasteiger partial charge in [-0.25, -0.2) is 0 Å². The van der Waals surface area contributed by atoms with E-state index in [-0.39, 0.29) is 6.04 Å². The fourth-order valence-corrected chi connectivity index (χ4v) is 1.53. The van der Waals surface area contributed by atoms with E-state index >= 15 is 0 Å².